The second kappa shape index (κ2) is 8.42. The molecule has 0 bridgehead atoms. The minimum atomic E-state index is 0.192. The van der Waals surface area contributed by atoms with Gasteiger partial charge in [0.25, 0.3) is 0 Å². The van der Waals surface area contributed by atoms with E-state index in [-0.39, 0.29) is 17.8 Å². The number of thioether (sulfide) groups is 2. The Balaban J connectivity index is 2.62. The molecule has 1 rings (SSSR count). The fourth-order valence-electron chi connectivity index (χ4n) is 1.18. The molecule has 0 spiro atoms. The molecule has 0 aliphatic carbocycles. The lowest BCUT2D eigenvalue weighted by molar-refractivity contribution is 0.322. The Bertz CT molecular complexity index is 285. The molecular weight excluding hydrogens is 308 g/mol. The van der Waals surface area contributed by atoms with E-state index in [1.807, 2.05) is 12.1 Å². The molecule has 0 fully saturated rings. The molecule has 0 unspecified atom stereocenters. The van der Waals surface area contributed by atoms with Gasteiger partial charge in [-0.05, 0) is 17.7 Å². The number of benzene rings is 1. The number of hydrogen-bond acceptors (Lipinski definition) is 4. The van der Waals surface area contributed by atoms with Crippen molar-refractivity contribution in [1.82, 2.24) is 0 Å². The van der Waals surface area contributed by atoms with Gasteiger partial charge < -0.3 is 10.2 Å². The van der Waals surface area contributed by atoms with E-state index >= 15 is 0 Å². The molecule has 2 N–H and O–H groups in total. The summed E-state index contributed by atoms with van der Waals surface area (Å²) in [5.74, 6) is 1.44. The summed E-state index contributed by atoms with van der Waals surface area (Å²) in [5.41, 5.74) is 1.22. The topological polar surface area (TPSA) is 40.5 Å². The van der Waals surface area contributed by atoms with Crippen LogP contribution in [-0.4, -0.2) is 34.9 Å². The molecule has 0 saturated carbocycles. The standard InChI is InChI=1S/C11H15BrO2S2/c12-10-3-1-9(2-4-10)11(15-7-5-13)16-8-6-14/h1-4,11,13-14H,5-8H2. The van der Waals surface area contributed by atoms with Gasteiger partial charge in [-0.1, -0.05) is 28.1 Å². The third-order valence-corrected chi connectivity index (χ3v) is 5.19. The van der Waals surface area contributed by atoms with E-state index in [1.54, 1.807) is 23.5 Å². The molecule has 2 nitrogen and oxygen atoms in total. The average Bonchev–Trinajstić information content (AvgIpc) is 2.31. The molecule has 0 aromatic heterocycles. The van der Waals surface area contributed by atoms with E-state index in [1.165, 1.54) is 5.56 Å². The van der Waals surface area contributed by atoms with Crippen LogP contribution in [0.4, 0.5) is 0 Å². The minimum absolute atomic E-state index is 0.192. The fourth-order valence-corrected chi connectivity index (χ4v) is 3.74. The Labute approximate surface area is 113 Å². The summed E-state index contributed by atoms with van der Waals surface area (Å²) in [6.45, 7) is 0.384. The van der Waals surface area contributed by atoms with E-state index in [0.717, 1.165) is 16.0 Å². The van der Waals surface area contributed by atoms with Crippen molar-refractivity contribution in [1.29, 1.82) is 0 Å². The molecule has 16 heavy (non-hydrogen) atoms. The Morgan fingerprint density at radius 2 is 1.50 bits per heavy atom. The van der Waals surface area contributed by atoms with Gasteiger partial charge >= 0.3 is 0 Å². The highest BCUT2D eigenvalue weighted by atomic mass is 79.9. The summed E-state index contributed by atoms with van der Waals surface area (Å²) in [4.78, 5) is 0. The largest absolute Gasteiger partial charge is 0.396 e. The van der Waals surface area contributed by atoms with E-state index in [9.17, 15) is 0 Å². The Morgan fingerprint density at radius 3 is 1.94 bits per heavy atom. The maximum absolute atomic E-state index is 8.84. The van der Waals surface area contributed by atoms with Crippen LogP contribution in [0.25, 0.3) is 0 Å². The molecule has 0 amide bonds. The van der Waals surface area contributed by atoms with Gasteiger partial charge in [-0.2, -0.15) is 0 Å². The predicted octanol–water partition coefficient (Wildman–Crippen LogP) is 2.90. The van der Waals surface area contributed by atoms with Crippen molar-refractivity contribution in [3.63, 3.8) is 0 Å². The number of hydrogen-bond donors (Lipinski definition) is 2. The molecule has 0 heterocycles. The summed E-state index contributed by atoms with van der Waals surface area (Å²) in [7, 11) is 0. The first-order valence-electron chi connectivity index (χ1n) is 4.98. The predicted molar refractivity (Wildman–Crippen MR) is 76.0 cm³/mol. The lowest BCUT2D eigenvalue weighted by atomic mass is 10.2. The van der Waals surface area contributed by atoms with Crippen LogP contribution < -0.4 is 0 Å². The van der Waals surface area contributed by atoms with Crippen LogP contribution in [0.3, 0.4) is 0 Å². The third-order valence-electron chi connectivity index (χ3n) is 1.86. The van der Waals surface area contributed by atoms with Gasteiger partial charge in [0.15, 0.2) is 0 Å². The summed E-state index contributed by atoms with van der Waals surface area (Å²) in [6, 6.07) is 8.18. The van der Waals surface area contributed by atoms with Crippen molar-refractivity contribution in [3.8, 4) is 0 Å². The molecule has 1 aromatic carbocycles. The van der Waals surface area contributed by atoms with Crippen LogP contribution >= 0.6 is 39.5 Å². The van der Waals surface area contributed by atoms with Gasteiger partial charge in [0.2, 0.25) is 0 Å². The maximum atomic E-state index is 8.84. The van der Waals surface area contributed by atoms with Crippen LogP contribution in [-0.2, 0) is 0 Å². The zero-order valence-corrected chi connectivity index (χ0v) is 12.0. The molecule has 0 atom stereocenters. The Kier molecular flexibility index (Phi) is 7.56. The molecule has 1 aromatic rings. The van der Waals surface area contributed by atoms with Crippen LogP contribution in [0.1, 0.15) is 10.1 Å². The summed E-state index contributed by atoms with van der Waals surface area (Å²) >= 11 is 6.82. The minimum Gasteiger partial charge on any atom is -0.396 e. The summed E-state index contributed by atoms with van der Waals surface area (Å²) < 4.78 is 1.35. The van der Waals surface area contributed by atoms with Gasteiger partial charge in [0, 0.05) is 16.0 Å². The zero-order valence-electron chi connectivity index (χ0n) is 8.80. The molecule has 90 valence electrons. The first-order valence-corrected chi connectivity index (χ1v) is 7.87. The average molecular weight is 323 g/mol. The molecule has 0 aliphatic rings. The quantitative estimate of drug-likeness (QED) is 0.757. The molecule has 0 saturated heterocycles. The monoisotopic (exact) mass is 322 g/mol. The number of aliphatic hydroxyl groups is 2. The lowest BCUT2D eigenvalue weighted by Gasteiger charge is -2.15. The Morgan fingerprint density at radius 1 is 1.00 bits per heavy atom. The van der Waals surface area contributed by atoms with Crippen molar-refractivity contribution in [2.45, 2.75) is 4.58 Å². The molecular formula is C11H15BrO2S2. The highest BCUT2D eigenvalue weighted by Crippen LogP contribution is 2.39. The molecule has 5 heteroatoms. The van der Waals surface area contributed by atoms with Crippen molar-refractivity contribution >= 4 is 39.5 Å². The van der Waals surface area contributed by atoms with Crippen molar-refractivity contribution < 1.29 is 10.2 Å². The van der Waals surface area contributed by atoms with Gasteiger partial charge in [0.1, 0.15) is 0 Å². The van der Waals surface area contributed by atoms with E-state index in [0.29, 0.717) is 0 Å². The first-order chi connectivity index (χ1) is 7.77. The van der Waals surface area contributed by atoms with Crippen molar-refractivity contribution in [2.75, 3.05) is 24.7 Å². The summed E-state index contributed by atoms with van der Waals surface area (Å²) in [5, 5.41) is 17.7. The second-order valence-corrected chi connectivity index (χ2v) is 6.71. The maximum Gasteiger partial charge on any atom is 0.0753 e. The lowest BCUT2D eigenvalue weighted by Crippen LogP contribution is -1.97. The number of halogens is 1. The van der Waals surface area contributed by atoms with E-state index < -0.39 is 0 Å². The van der Waals surface area contributed by atoms with Gasteiger partial charge in [-0.25, -0.2) is 0 Å². The van der Waals surface area contributed by atoms with E-state index in [4.69, 9.17) is 10.2 Å². The van der Waals surface area contributed by atoms with Crippen LogP contribution in [0, 0.1) is 0 Å². The number of rotatable bonds is 7. The van der Waals surface area contributed by atoms with E-state index in [2.05, 4.69) is 28.1 Å². The van der Waals surface area contributed by atoms with Crippen molar-refractivity contribution in [2.24, 2.45) is 0 Å². The zero-order chi connectivity index (χ0) is 11.8. The molecule has 0 radical (unpaired) electrons. The highest BCUT2D eigenvalue weighted by Gasteiger charge is 2.11. The molecule has 0 aliphatic heterocycles. The third kappa shape index (κ3) is 5.10. The van der Waals surface area contributed by atoms with Gasteiger partial charge in [-0.15, -0.1) is 23.5 Å². The number of aliphatic hydroxyl groups excluding tert-OH is 2. The fraction of sp³-hybridized carbons (Fsp3) is 0.455. The summed E-state index contributed by atoms with van der Waals surface area (Å²) in [6.07, 6.45) is 0. The van der Waals surface area contributed by atoms with Gasteiger partial charge in [-0.3, -0.25) is 0 Å². The SMILES string of the molecule is OCCSC(SCCO)c1ccc(Br)cc1. The normalized spacial score (nSPS) is 11.0. The van der Waals surface area contributed by atoms with Crippen LogP contribution in [0.2, 0.25) is 0 Å². The second-order valence-electron chi connectivity index (χ2n) is 3.07. The smallest absolute Gasteiger partial charge is 0.0753 e. The first kappa shape index (κ1) is 14.4. The van der Waals surface area contributed by atoms with Crippen molar-refractivity contribution in [3.05, 3.63) is 34.3 Å². The highest BCUT2D eigenvalue weighted by molar-refractivity contribution is 9.10. The van der Waals surface area contributed by atoms with Crippen LogP contribution in [0.5, 0.6) is 0 Å². The van der Waals surface area contributed by atoms with Gasteiger partial charge in [0.05, 0.1) is 17.8 Å². The Hall–Kier alpha value is 0.320. The van der Waals surface area contributed by atoms with Crippen LogP contribution in [0.15, 0.2) is 28.7 Å².